The molecule has 0 saturated carbocycles. The SMILES string of the molecule is Cc1ccc(C2(c3ccccc3)C=CC3=CC4=C5OC=CC=C5C5C(=C4C3=C2)Sc2ccccc25)c(C)c1. The zero-order valence-electron chi connectivity index (χ0n) is 21.4. The van der Waals surface area contributed by atoms with Gasteiger partial charge in [0.1, 0.15) is 5.76 Å². The van der Waals surface area contributed by atoms with Crippen molar-refractivity contribution in [3.8, 4) is 0 Å². The Morgan fingerprint density at radius 3 is 2.63 bits per heavy atom. The molecule has 182 valence electrons. The van der Waals surface area contributed by atoms with E-state index in [1.165, 1.54) is 65.5 Å². The topological polar surface area (TPSA) is 9.23 Å². The van der Waals surface area contributed by atoms with Crippen molar-refractivity contribution in [2.45, 2.75) is 30.1 Å². The maximum Gasteiger partial charge on any atom is 0.138 e. The number of ether oxygens (including phenoxy) is 1. The fraction of sp³-hybridized carbons (Fsp3) is 0.111. The fourth-order valence-corrected chi connectivity index (χ4v) is 8.18. The zero-order chi connectivity index (χ0) is 25.4. The Morgan fingerprint density at radius 2 is 1.76 bits per heavy atom. The van der Waals surface area contributed by atoms with Gasteiger partial charge in [0.25, 0.3) is 0 Å². The minimum Gasteiger partial charge on any atom is -0.464 e. The molecule has 38 heavy (non-hydrogen) atoms. The Kier molecular flexibility index (Phi) is 4.63. The molecule has 2 atom stereocenters. The maximum absolute atomic E-state index is 6.27. The largest absolute Gasteiger partial charge is 0.464 e. The Morgan fingerprint density at radius 1 is 0.921 bits per heavy atom. The molecule has 2 heterocycles. The van der Waals surface area contributed by atoms with E-state index in [4.69, 9.17) is 4.74 Å². The normalized spacial score (nSPS) is 24.1. The van der Waals surface area contributed by atoms with E-state index in [2.05, 4.69) is 117 Å². The number of benzene rings is 3. The first-order valence-corrected chi connectivity index (χ1v) is 14.0. The summed E-state index contributed by atoms with van der Waals surface area (Å²) in [7, 11) is 0. The zero-order valence-corrected chi connectivity index (χ0v) is 22.2. The average Bonchev–Trinajstić information content (AvgIpc) is 3.52. The summed E-state index contributed by atoms with van der Waals surface area (Å²) in [5, 5.41) is 0. The Hall–Kier alpha value is -4.01. The molecule has 2 aliphatic heterocycles. The van der Waals surface area contributed by atoms with E-state index in [-0.39, 0.29) is 11.3 Å². The predicted octanol–water partition coefficient (Wildman–Crippen LogP) is 8.91. The molecule has 0 spiro atoms. The molecule has 0 saturated heterocycles. The number of hydrogen-bond donors (Lipinski definition) is 0. The Labute approximate surface area is 227 Å². The number of aryl methyl sites for hydroxylation is 2. The summed E-state index contributed by atoms with van der Waals surface area (Å²) in [5.74, 6) is 1.21. The molecule has 5 aliphatic rings. The Bertz CT molecular complexity index is 1770. The standard InChI is InChI=1S/C36H26OS/c1-22-14-15-30(23(2)19-22)36(25-9-4-3-5-10-25)17-16-24-20-28-33(29(24)21-36)35-32(27-12-8-18-37-34(27)28)26-11-6-7-13-31(26)38-35/h3-21,32H,1-2H3. The van der Waals surface area contributed by atoms with E-state index in [9.17, 15) is 0 Å². The van der Waals surface area contributed by atoms with Gasteiger partial charge < -0.3 is 4.74 Å². The van der Waals surface area contributed by atoms with Crippen LogP contribution in [-0.2, 0) is 10.2 Å². The molecule has 0 amide bonds. The van der Waals surface area contributed by atoms with Crippen LogP contribution in [0.25, 0.3) is 0 Å². The number of thioether (sulfide) groups is 1. The highest BCUT2D eigenvalue weighted by atomic mass is 32.2. The summed E-state index contributed by atoms with van der Waals surface area (Å²) >= 11 is 1.93. The molecular formula is C36H26OS. The number of fused-ring (bicyclic) bond motifs is 8. The molecule has 0 fully saturated rings. The van der Waals surface area contributed by atoms with E-state index < -0.39 is 0 Å². The van der Waals surface area contributed by atoms with E-state index in [1.54, 1.807) is 0 Å². The lowest BCUT2D eigenvalue weighted by Crippen LogP contribution is -2.27. The van der Waals surface area contributed by atoms with E-state index in [1.807, 2.05) is 24.1 Å². The molecule has 0 bridgehead atoms. The van der Waals surface area contributed by atoms with Gasteiger partial charge >= 0.3 is 0 Å². The second-order valence-electron chi connectivity index (χ2n) is 10.7. The first-order chi connectivity index (χ1) is 18.6. The molecule has 1 nitrogen and oxygen atoms in total. The van der Waals surface area contributed by atoms with Crippen molar-refractivity contribution >= 4 is 11.8 Å². The maximum atomic E-state index is 6.27. The van der Waals surface area contributed by atoms with Crippen LogP contribution < -0.4 is 0 Å². The summed E-state index contributed by atoms with van der Waals surface area (Å²) in [5.41, 5.74) is 12.6. The quantitative estimate of drug-likeness (QED) is 0.343. The minimum atomic E-state index is -0.353. The van der Waals surface area contributed by atoms with Gasteiger partial charge in [-0.3, -0.25) is 0 Å². The van der Waals surface area contributed by atoms with Gasteiger partial charge in [-0.05, 0) is 65.5 Å². The van der Waals surface area contributed by atoms with Gasteiger partial charge in [-0.15, -0.1) is 0 Å². The first-order valence-electron chi connectivity index (χ1n) is 13.2. The third-order valence-electron chi connectivity index (χ3n) is 8.44. The lowest BCUT2D eigenvalue weighted by Gasteiger charge is -2.35. The van der Waals surface area contributed by atoms with Crippen molar-refractivity contribution in [2.75, 3.05) is 0 Å². The van der Waals surface area contributed by atoms with Crippen LogP contribution in [-0.4, -0.2) is 0 Å². The van der Waals surface area contributed by atoms with E-state index in [0.717, 1.165) is 5.76 Å². The number of hydrogen-bond acceptors (Lipinski definition) is 2. The smallest absolute Gasteiger partial charge is 0.138 e. The van der Waals surface area contributed by atoms with Crippen LogP contribution in [0.5, 0.6) is 0 Å². The highest BCUT2D eigenvalue weighted by Crippen LogP contribution is 2.62. The summed E-state index contributed by atoms with van der Waals surface area (Å²) < 4.78 is 6.27. The van der Waals surface area contributed by atoms with Crippen molar-refractivity contribution in [1.29, 1.82) is 0 Å². The second kappa shape index (κ2) is 7.99. The summed E-state index contributed by atoms with van der Waals surface area (Å²) in [6.45, 7) is 4.42. The predicted molar refractivity (Wildman–Crippen MR) is 156 cm³/mol. The first kappa shape index (κ1) is 22.0. The number of rotatable bonds is 2. The summed E-state index contributed by atoms with van der Waals surface area (Å²) in [6, 6.07) is 26.7. The van der Waals surface area contributed by atoms with Crippen LogP contribution in [0.3, 0.4) is 0 Å². The molecule has 2 heteroatoms. The van der Waals surface area contributed by atoms with E-state index >= 15 is 0 Å². The van der Waals surface area contributed by atoms with Crippen LogP contribution in [0.15, 0.2) is 159 Å². The van der Waals surface area contributed by atoms with Crippen LogP contribution >= 0.6 is 11.8 Å². The lowest BCUT2D eigenvalue weighted by molar-refractivity contribution is 0.348. The fourth-order valence-electron chi connectivity index (χ4n) is 6.80. The third kappa shape index (κ3) is 2.95. The van der Waals surface area contributed by atoms with Crippen molar-refractivity contribution in [2.24, 2.45) is 0 Å². The molecule has 8 rings (SSSR count). The number of allylic oxidation sites excluding steroid dienone is 12. The van der Waals surface area contributed by atoms with Crippen LogP contribution in [0, 0.1) is 13.8 Å². The van der Waals surface area contributed by atoms with Gasteiger partial charge in [-0.25, -0.2) is 0 Å². The monoisotopic (exact) mass is 506 g/mol. The van der Waals surface area contributed by atoms with Crippen LogP contribution in [0.2, 0.25) is 0 Å². The van der Waals surface area contributed by atoms with Crippen molar-refractivity contribution in [3.05, 3.63) is 182 Å². The van der Waals surface area contributed by atoms with Gasteiger partial charge in [0.05, 0.1) is 11.7 Å². The average molecular weight is 507 g/mol. The molecule has 3 aromatic rings. The van der Waals surface area contributed by atoms with Crippen LogP contribution in [0.4, 0.5) is 0 Å². The second-order valence-corrected chi connectivity index (χ2v) is 11.8. The molecule has 3 aromatic carbocycles. The third-order valence-corrected chi connectivity index (χ3v) is 9.69. The molecular weight excluding hydrogens is 480 g/mol. The van der Waals surface area contributed by atoms with Gasteiger partial charge in [0.15, 0.2) is 0 Å². The van der Waals surface area contributed by atoms with Gasteiger partial charge in [0.2, 0.25) is 0 Å². The highest BCUT2D eigenvalue weighted by molar-refractivity contribution is 8.03. The molecule has 0 N–H and O–H groups in total. The van der Waals surface area contributed by atoms with Gasteiger partial charge in [-0.1, -0.05) is 108 Å². The molecule has 3 aliphatic carbocycles. The van der Waals surface area contributed by atoms with Crippen LogP contribution in [0.1, 0.15) is 33.7 Å². The Balaban J connectivity index is 1.41. The highest BCUT2D eigenvalue weighted by Gasteiger charge is 2.45. The molecule has 2 unspecified atom stereocenters. The lowest BCUT2D eigenvalue weighted by atomic mass is 9.68. The van der Waals surface area contributed by atoms with Gasteiger partial charge in [-0.2, -0.15) is 0 Å². The molecule has 0 aromatic heterocycles. The summed E-state index contributed by atoms with van der Waals surface area (Å²) in [6.07, 6.45) is 15.7. The van der Waals surface area contributed by atoms with Crippen molar-refractivity contribution in [1.82, 2.24) is 0 Å². The summed E-state index contributed by atoms with van der Waals surface area (Å²) in [4.78, 5) is 2.77. The molecule has 0 radical (unpaired) electrons. The van der Waals surface area contributed by atoms with Crippen molar-refractivity contribution < 1.29 is 4.74 Å². The van der Waals surface area contributed by atoms with E-state index in [0.29, 0.717) is 0 Å². The minimum absolute atomic E-state index is 0.210. The van der Waals surface area contributed by atoms with Crippen molar-refractivity contribution in [3.63, 3.8) is 0 Å². The van der Waals surface area contributed by atoms with Gasteiger partial charge in [0, 0.05) is 32.4 Å².